The first kappa shape index (κ1) is 11.0. The molecule has 2 heteroatoms. The van der Waals surface area contributed by atoms with E-state index in [1.54, 1.807) is 0 Å². The highest BCUT2D eigenvalue weighted by atomic mass is 35.5. The van der Waals surface area contributed by atoms with Crippen molar-refractivity contribution < 1.29 is 0 Å². The predicted molar refractivity (Wildman–Crippen MR) is 65.3 cm³/mol. The van der Waals surface area contributed by atoms with Gasteiger partial charge in [0.15, 0.2) is 0 Å². The minimum absolute atomic E-state index is 0.831. The largest absolute Gasteiger partial charge is 0.319 e. The third-order valence-corrected chi connectivity index (χ3v) is 3.85. The summed E-state index contributed by atoms with van der Waals surface area (Å²) in [6.45, 7) is 1.15. The molecule has 0 aliphatic heterocycles. The van der Waals surface area contributed by atoms with Crippen molar-refractivity contribution in [2.75, 3.05) is 13.6 Å². The lowest BCUT2D eigenvalue weighted by Crippen LogP contribution is -2.35. The third-order valence-electron chi connectivity index (χ3n) is 3.48. The average molecular weight is 224 g/mol. The Morgan fingerprint density at radius 3 is 2.60 bits per heavy atom. The molecule has 0 amide bonds. The molecule has 0 radical (unpaired) electrons. The number of rotatable bonds is 4. The number of benzene rings is 1. The fourth-order valence-corrected chi connectivity index (χ4v) is 2.60. The van der Waals surface area contributed by atoms with Gasteiger partial charge in [-0.2, -0.15) is 0 Å². The lowest BCUT2D eigenvalue weighted by Gasteiger charge is -2.37. The van der Waals surface area contributed by atoms with Gasteiger partial charge in [-0.05, 0) is 56.3 Å². The summed E-state index contributed by atoms with van der Waals surface area (Å²) in [4.78, 5) is 0. The summed E-state index contributed by atoms with van der Waals surface area (Å²) in [7, 11) is 2.03. The number of nitrogens with one attached hydrogen (secondary N) is 1. The van der Waals surface area contributed by atoms with Crippen LogP contribution in [-0.2, 0) is 6.42 Å². The molecule has 1 nitrogen and oxygen atoms in total. The molecule has 0 heterocycles. The van der Waals surface area contributed by atoms with Crippen molar-refractivity contribution in [3.05, 3.63) is 34.9 Å². The highest BCUT2D eigenvalue weighted by Crippen LogP contribution is 2.37. The Bertz CT molecular complexity index is 324. The summed E-state index contributed by atoms with van der Waals surface area (Å²) < 4.78 is 0. The highest BCUT2D eigenvalue weighted by Gasteiger charge is 2.30. The topological polar surface area (TPSA) is 12.0 Å². The maximum atomic E-state index is 6.16. The van der Waals surface area contributed by atoms with E-state index in [0.717, 1.165) is 29.8 Å². The molecule has 0 bridgehead atoms. The van der Waals surface area contributed by atoms with Crippen LogP contribution in [0.15, 0.2) is 24.3 Å². The van der Waals surface area contributed by atoms with E-state index in [9.17, 15) is 0 Å². The molecule has 82 valence electrons. The summed E-state index contributed by atoms with van der Waals surface area (Å²) in [6.07, 6.45) is 3.87. The fraction of sp³-hybridized carbons (Fsp3) is 0.538. The summed E-state index contributed by atoms with van der Waals surface area (Å²) >= 11 is 6.16. The lowest BCUT2D eigenvalue weighted by molar-refractivity contribution is 0.174. The van der Waals surface area contributed by atoms with E-state index in [-0.39, 0.29) is 0 Å². The first-order valence-electron chi connectivity index (χ1n) is 5.69. The third kappa shape index (κ3) is 2.53. The van der Waals surface area contributed by atoms with Crippen molar-refractivity contribution in [2.24, 2.45) is 11.8 Å². The molecule has 1 N–H and O–H groups in total. The maximum absolute atomic E-state index is 6.16. The Morgan fingerprint density at radius 1 is 1.27 bits per heavy atom. The van der Waals surface area contributed by atoms with Gasteiger partial charge in [0.2, 0.25) is 0 Å². The zero-order chi connectivity index (χ0) is 10.7. The number of hydrogen-bond donors (Lipinski definition) is 1. The predicted octanol–water partition coefficient (Wildman–Crippen LogP) is 3.13. The van der Waals surface area contributed by atoms with Crippen LogP contribution in [0.1, 0.15) is 18.4 Å². The van der Waals surface area contributed by atoms with E-state index in [0.29, 0.717) is 0 Å². The zero-order valence-corrected chi connectivity index (χ0v) is 9.93. The van der Waals surface area contributed by atoms with Crippen LogP contribution in [0.5, 0.6) is 0 Å². The summed E-state index contributed by atoms with van der Waals surface area (Å²) in [5.74, 6) is 1.68. The molecular weight excluding hydrogens is 206 g/mol. The Labute approximate surface area is 96.8 Å². The van der Waals surface area contributed by atoms with E-state index in [2.05, 4.69) is 17.4 Å². The molecule has 1 aliphatic rings. The molecular formula is C13H18ClN. The SMILES string of the molecule is CNCC1CCC1Cc1ccccc1Cl. The second-order valence-corrected chi connectivity index (χ2v) is 4.86. The smallest absolute Gasteiger partial charge is 0.0438 e. The van der Waals surface area contributed by atoms with Gasteiger partial charge in [0.1, 0.15) is 0 Å². The van der Waals surface area contributed by atoms with Gasteiger partial charge in [-0.15, -0.1) is 0 Å². The van der Waals surface area contributed by atoms with Crippen LogP contribution >= 0.6 is 11.6 Å². The summed E-state index contributed by atoms with van der Waals surface area (Å²) in [5, 5.41) is 4.19. The molecule has 0 aromatic heterocycles. The second kappa shape index (κ2) is 5.00. The molecule has 2 rings (SSSR count). The molecule has 0 spiro atoms. The molecule has 0 saturated heterocycles. The lowest BCUT2D eigenvalue weighted by atomic mass is 9.71. The molecule has 2 atom stereocenters. The van der Waals surface area contributed by atoms with Gasteiger partial charge < -0.3 is 5.32 Å². The van der Waals surface area contributed by atoms with E-state index < -0.39 is 0 Å². The van der Waals surface area contributed by atoms with Gasteiger partial charge in [-0.3, -0.25) is 0 Å². The van der Waals surface area contributed by atoms with Gasteiger partial charge in [-0.1, -0.05) is 29.8 Å². The molecule has 1 saturated carbocycles. The highest BCUT2D eigenvalue weighted by molar-refractivity contribution is 6.31. The summed E-state index contributed by atoms with van der Waals surface area (Å²) in [5.41, 5.74) is 1.31. The van der Waals surface area contributed by atoms with Crippen molar-refractivity contribution in [3.63, 3.8) is 0 Å². The standard InChI is InChI=1S/C13H18ClN/c1-15-9-12-7-6-10(12)8-11-4-2-3-5-13(11)14/h2-5,10,12,15H,6-9H2,1H3. The van der Waals surface area contributed by atoms with E-state index in [1.165, 1.54) is 18.4 Å². The first-order valence-corrected chi connectivity index (χ1v) is 6.07. The minimum Gasteiger partial charge on any atom is -0.319 e. The van der Waals surface area contributed by atoms with Crippen molar-refractivity contribution in [3.8, 4) is 0 Å². The van der Waals surface area contributed by atoms with Crippen LogP contribution in [0.2, 0.25) is 5.02 Å². The summed E-state index contributed by atoms with van der Waals surface area (Å²) in [6, 6.07) is 8.21. The van der Waals surface area contributed by atoms with Crippen molar-refractivity contribution in [2.45, 2.75) is 19.3 Å². The Balaban J connectivity index is 1.95. The van der Waals surface area contributed by atoms with Crippen LogP contribution in [0.3, 0.4) is 0 Å². The molecule has 15 heavy (non-hydrogen) atoms. The molecule has 1 aromatic carbocycles. The van der Waals surface area contributed by atoms with Crippen molar-refractivity contribution in [1.82, 2.24) is 5.32 Å². The van der Waals surface area contributed by atoms with Gasteiger partial charge >= 0.3 is 0 Å². The molecule has 1 aliphatic carbocycles. The minimum atomic E-state index is 0.831. The van der Waals surface area contributed by atoms with Gasteiger partial charge in [0.25, 0.3) is 0 Å². The Kier molecular flexibility index (Phi) is 3.66. The molecule has 1 fully saturated rings. The van der Waals surface area contributed by atoms with Crippen LogP contribution in [0.25, 0.3) is 0 Å². The van der Waals surface area contributed by atoms with Gasteiger partial charge in [0, 0.05) is 5.02 Å². The second-order valence-electron chi connectivity index (χ2n) is 4.45. The Morgan fingerprint density at radius 2 is 2.00 bits per heavy atom. The number of hydrogen-bond acceptors (Lipinski definition) is 1. The molecule has 1 aromatic rings. The van der Waals surface area contributed by atoms with E-state index in [1.807, 2.05) is 19.2 Å². The maximum Gasteiger partial charge on any atom is 0.0438 e. The van der Waals surface area contributed by atoms with E-state index in [4.69, 9.17) is 11.6 Å². The van der Waals surface area contributed by atoms with Crippen LogP contribution < -0.4 is 5.32 Å². The van der Waals surface area contributed by atoms with Crippen LogP contribution in [0, 0.1) is 11.8 Å². The van der Waals surface area contributed by atoms with Crippen molar-refractivity contribution >= 4 is 11.6 Å². The van der Waals surface area contributed by atoms with Gasteiger partial charge in [0.05, 0.1) is 0 Å². The normalized spacial score (nSPS) is 24.9. The fourth-order valence-electron chi connectivity index (χ4n) is 2.38. The van der Waals surface area contributed by atoms with Crippen molar-refractivity contribution in [1.29, 1.82) is 0 Å². The average Bonchev–Trinajstić information content (AvgIpc) is 2.23. The number of halogens is 1. The zero-order valence-electron chi connectivity index (χ0n) is 9.17. The first-order chi connectivity index (χ1) is 7.31. The van der Waals surface area contributed by atoms with Gasteiger partial charge in [-0.25, -0.2) is 0 Å². The van der Waals surface area contributed by atoms with Crippen LogP contribution in [0.4, 0.5) is 0 Å². The Hall–Kier alpha value is -0.530. The van der Waals surface area contributed by atoms with E-state index >= 15 is 0 Å². The van der Waals surface area contributed by atoms with Crippen LogP contribution in [-0.4, -0.2) is 13.6 Å². The quantitative estimate of drug-likeness (QED) is 0.827. The molecule has 2 unspecified atom stereocenters. The monoisotopic (exact) mass is 223 g/mol.